The Balaban J connectivity index is 1.94. The quantitative estimate of drug-likeness (QED) is 0.601. The fourth-order valence-electron chi connectivity index (χ4n) is 6.25. The highest BCUT2D eigenvalue weighted by atomic mass is 16.6. The number of hydrogen-bond acceptors (Lipinski definition) is 5. The highest BCUT2D eigenvalue weighted by Crippen LogP contribution is 2.63. The highest BCUT2D eigenvalue weighted by Gasteiger charge is 2.58. The molecule has 2 aliphatic carbocycles. The number of esters is 2. The number of rotatable bonds is 3. The van der Waals surface area contributed by atoms with Crippen molar-refractivity contribution in [1.29, 1.82) is 0 Å². The van der Waals surface area contributed by atoms with E-state index in [1.54, 1.807) is 0 Å². The number of aliphatic hydroxyl groups is 1. The van der Waals surface area contributed by atoms with Crippen LogP contribution in [0, 0.1) is 34.5 Å². The maximum atomic E-state index is 12.0. The predicted octanol–water partition coefficient (Wildman–Crippen LogP) is 3.50. The van der Waals surface area contributed by atoms with Crippen LogP contribution in [0.5, 0.6) is 0 Å². The third kappa shape index (κ3) is 3.55. The number of hydrogen-bond donors (Lipinski definition) is 1. The number of aliphatic hydroxyl groups excluding tert-OH is 1. The molecule has 3 fully saturated rings. The summed E-state index contributed by atoms with van der Waals surface area (Å²) in [5.41, 5.74) is 1.41. The molecule has 0 aromatic rings. The highest BCUT2D eigenvalue weighted by molar-refractivity contribution is 5.75. The molecule has 0 aromatic heterocycles. The van der Waals surface area contributed by atoms with Crippen LogP contribution in [-0.2, 0) is 19.1 Å². The Morgan fingerprint density at radius 1 is 1.30 bits per heavy atom. The number of carbonyl (C=O) groups is 2. The Morgan fingerprint density at radius 3 is 2.67 bits per heavy atom. The first kappa shape index (κ1) is 20.4. The van der Waals surface area contributed by atoms with Crippen molar-refractivity contribution in [3.63, 3.8) is 0 Å². The standard InChI is InChI=1S/C22H34O5/c1-13-7-6-9-21(3,4)16-8-10-22(5,18(13)16)17-12-27-20(25)19(24)15(17)11-26-14(2)23/h15-19,24H,1,6-12H2,2-5H3. The zero-order valence-electron chi connectivity index (χ0n) is 17.1. The lowest BCUT2D eigenvalue weighted by Gasteiger charge is -2.48. The van der Waals surface area contributed by atoms with Crippen molar-refractivity contribution in [2.45, 2.75) is 65.9 Å². The molecule has 2 saturated carbocycles. The van der Waals surface area contributed by atoms with Gasteiger partial charge in [-0.2, -0.15) is 0 Å². The molecule has 1 heterocycles. The van der Waals surface area contributed by atoms with Gasteiger partial charge in [0, 0.05) is 18.8 Å². The van der Waals surface area contributed by atoms with Gasteiger partial charge in [-0.15, -0.1) is 0 Å². The first-order chi connectivity index (χ1) is 12.6. The maximum absolute atomic E-state index is 12.0. The summed E-state index contributed by atoms with van der Waals surface area (Å²) in [5, 5.41) is 10.5. The summed E-state index contributed by atoms with van der Waals surface area (Å²) in [7, 11) is 0. The van der Waals surface area contributed by atoms with E-state index in [-0.39, 0.29) is 30.0 Å². The van der Waals surface area contributed by atoms with E-state index in [0.717, 1.165) is 25.7 Å². The largest absolute Gasteiger partial charge is 0.465 e. The van der Waals surface area contributed by atoms with Gasteiger partial charge < -0.3 is 14.6 Å². The van der Waals surface area contributed by atoms with Crippen LogP contribution in [0.4, 0.5) is 0 Å². The summed E-state index contributed by atoms with van der Waals surface area (Å²) < 4.78 is 10.6. The fraction of sp³-hybridized carbons (Fsp3) is 0.818. The topological polar surface area (TPSA) is 72.8 Å². The zero-order chi connectivity index (χ0) is 20.0. The molecule has 0 radical (unpaired) electrons. The number of ether oxygens (including phenoxy) is 2. The monoisotopic (exact) mass is 378 g/mol. The van der Waals surface area contributed by atoms with Crippen LogP contribution in [0.2, 0.25) is 0 Å². The SMILES string of the molecule is C=C1CCCC(C)(C)C2CCC(C)(C3COC(=O)C(O)C3COC(C)=O)C12. The van der Waals surface area contributed by atoms with Crippen LogP contribution in [0.15, 0.2) is 12.2 Å². The lowest BCUT2D eigenvalue weighted by Crippen LogP contribution is -2.53. The molecule has 3 rings (SSSR count). The first-order valence-corrected chi connectivity index (χ1v) is 10.2. The van der Waals surface area contributed by atoms with Crippen molar-refractivity contribution in [2.75, 3.05) is 13.2 Å². The molecule has 6 atom stereocenters. The van der Waals surface area contributed by atoms with E-state index in [9.17, 15) is 14.7 Å². The summed E-state index contributed by atoms with van der Waals surface area (Å²) in [6, 6.07) is 0. The second kappa shape index (κ2) is 7.23. The van der Waals surface area contributed by atoms with Crippen molar-refractivity contribution in [3.05, 3.63) is 12.2 Å². The van der Waals surface area contributed by atoms with Crippen molar-refractivity contribution >= 4 is 11.9 Å². The molecular weight excluding hydrogens is 344 g/mol. The average Bonchev–Trinajstić information content (AvgIpc) is 2.89. The molecule has 6 unspecified atom stereocenters. The lowest BCUT2D eigenvalue weighted by atomic mass is 9.58. The third-order valence-electron chi connectivity index (χ3n) is 7.76. The van der Waals surface area contributed by atoms with Crippen LogP contribution in [0.1, 0.15) is 59.8 Å². The van der Waals surface area contributed by atoms with E-state index >= 15 is 0 Å². The van der Waals surface area contributed by atoms with Crippen LogP contribution in [0.25, 0.3) is 0 Å². The molecular formula is C22H34O5. The van der Waals surface area contributed by atoms with E-state index in [1.807, 2.05) is 0 Å². The molecule has 3 aliphatic rings. The first-order valence-electron chi connectivity index (χ1n) is 10.2. The van der Waals surface area contributed by atoms with Gasteiger partial charge in [-0.1, -0.05) is 32.9 Å². The molecule has 0 aromatic carbocycles. The molecule has 1 aliphatic heterocycles. The van der Waals surface area contributed by atoms with E-state index in [2.05, 4.69) is 27.4 Å². The number of carbonyl (C=O) groups excluding carboxylic acids is 2. The van der Waals surface area contributed by atoms with E-state index in [0.29, 0.717) is 11.8 Å². The van der Waals surface area contributed by atoms with Crippen molar-refractivity contribution < 1.29 is 24.2 Å². The van der Waals surface area contributed by atoms with Gasteiger partial charge in [0.15, 0.2) is 6.10 Å². The zero-order valence-corrected chi connectivity index (χ0v) is 17.1. The van der Waals surface area contributed by atoms with E-state index in [4.69, 9.17) is 9.47 Å². The molecule has 27 heavy (non-hydrogen) atoms. The van der Waals surface area contributed by atoms with Gasteiger partial charge in [0.05, 0.1) is 13.2 Å². The van der Waals surface area contributed by atoms with Crippen LogP contribution >= 0.6 is 0 Å². The molecule has 0 amide bonds. The smallest absolute Gasteiger partial charge is 0.335 e. The molecule has 1 saturated heterocycles. The summed E-state index contributed by atoms with van der Waals surface area (Å²) in [6.45, 7) is 13.1. The number of cyclic esters (lactones) is 1. The third-order valence-corrected chi connectivity index (χ3v) is 7.76. The van der Waals surface area contributed by atoms with E-state index < -0.39 is 24.0 Å². The summed E-state index contributed by atoms with van der Waals surface area (Å²) in [6.07, 6.45) is 4.27. The minimum Gasteiger partial charge on any atom is -0.465 e. The van der Waals surface area contributed by atoms with Crippen molar-refractivity contribution in [1.82, 2.24) is 0 Å². The Bertz CT molecular complexity index is 624. The summed E-state index contributed by atoms with van der Waals surface area (Å²) in [4.78, 5) is 23.3. The number of allylic oxidation sites excluding steroid dienone is 1. The van der Waals surface area contributed by atoms with Crippen LogP contribution < -0.4 is 0 Å². The molecule has 0 bridgehead atoms. The van der Waals surface area contributed by atoms with Gasteiger partial charge in [0.2, 0.25) is 0 Å². The fourth-order valence-corrected chi connectivity index (χ4v) is 6.25. The van der Waals surface area contributed by atoms with Gasteiger partial charge in [-0.3, -0.25) is 4.79 Å². The lowest BCUT2D eigenvalue weighted by molar-refractivity contribution is -0.184. The van der Waals surface area contributed by atoms with Gasteiger partial charge >= 0.3 is 11.9 Å². The van der Waals surface area contributed by atoms with Gasteiger partial charge in [-0.05, 0) is 54.8 Å². The minimum atomic E-state index is -1.24. The second-order valence-electron chi connectivity index (χ2n) is 9.78. The molecule has 1 N–H and O–H groups in total. The molecule has 5 nitrogen and oxygen atoms in total. The minimum absolute atomic E-state index is 0.0507. The molecule has 152 valence electrons. The van der Waals surface area contributed by atoms with Crippen molar-refractivity contribution in [2.24, 2.45) is 34.5 Å². The predicted molar refractivity (Wildman–Crippen MR) is 102 cm³/mol. The van der Waals surface area contributed by atoms with Crippen molar-refractivity contribution in [3.8, 4) is 0 Å². The Kier molecular flexibility index (Phi) is 5.46. The Hall–Kier alpha value is -1.36. The average molecular weight is 379 g/mol. The Labute approximate surface area is 162 Å². The van der Waals surface area contributed by atoms with Gasteiger partial charge in [0.1, 0.15) is 0 Å². The van der Waals surface area contributed by atoms with Gasteiger partial charge in [-0.25, -0.2) is 4.79 Å². The summed E-state index contributed by atoms with van der Waals surface area (Å²) >= 11 is 0. The van der Waals surface area contributed by atoms with Crippen LogP contribution in [-0.4, -0.2) is 36.4 Å². The molecule has 0 spiro atoms. The Morgan fingerprint density at radius 2 is 2.00 bits per heavy atom. The number of fused-ring (bicyclic) bond motifs is 1. The maximum Gasteiger partial charge on any atom is 0.335 e. The van der Waals surface area contributed by atoms with E-state index in [1.165, 1.54) is 18.9 Å². The second-order valence-corrected chi connectivity index (χ2v) is 9.78. The normalized spacial score (nSPS) is 41.4. The van der Waals surface area contributed by atoms with Gasteiger partial charge in [0.25, 0.3) is 0 Å². The van der Waals surface area contributed by atoms with Crippen LogP contribution in [0.3, 0.4) is 0 Å². The summed E-state index contributed by atoms with van der Waals surface area (Å²) in [5.74, 6) is -0.607. The molecule has 5 heteroatoms.